The number of benzene rings is 1. The van der Waals surface area contributed by atoms with E-state index in [0.717, 1.165) is 33.0 Å². The molecule has 0 fully saturated rings. The number of fused-ring (bicyclic) bond motifs is 3. The lowest BCUT2D eigenvalue weighted by atomic mass is 10.1. The van der Waals surface area contributed by atoms with Gasteiger partial charge in [0.2, 0.25) is 0 Å². The number of hydrogen-bond acceptors (Lipinski definition) is 8. The number of carbonyl (C=O) groups is 3. The van der Waals surface area contributed by atoms with Crippen LogP contribution in [0, 0.1) is 0 Å². The lowest BCUT2D eigenvalue weighted by molar-refractivity contribution is 0.0519. The van der Waals surface area contributed by atoms with Gasteiger partial charge in [0.25, 0.3) is 0 Å². The Labute approximate surface area is 208 Å². The Kier molecular flexibility index (Phi) is 6.19. The fourth-order valence-electron chi connectivity index (χ4n) is 4.12. The molecule has 0 saturated carbocycles. The molecule has 0 saturated heterocycles. The third kappa shape index (κ3) is 4.02. The Balaban J connectivity index is 1.88. The third-order valence-electron chi connectivity index (χ3n) is 5.63. The van der Waals surface area contributed by atoms with Crippen LogP contribution in [0.2, 0.25) is 0 Å². The highest BCUT2D eigenvalue weighted by Crippen LogP contribution is 2.42. The predicted molar refractivity (Wildman–Crippen MR) is 137 cm³/mol. The van der Waals surface area contributed by atoms with Crippen molar-refractivity contribution in [1.29, 1.82) is 0 Å². The predicted octanol–water partition coefficient (Wildman–Crippen LogP) is 5.80. The van der Waals surface area contributed by atoms with Crippen molar-refractivity contribution in [2.24, 2.45) is 0 Å². The van der Waals surface area contributed by atoms with Crippen LogP contribution in [0.3, 0.4) is 0 Å². The third-order valence-corrected chi connectivity index (χ3v) is 7.61. The minimum absolute atomic E-state index is 0.157. The lowest BCUT2D eigenvalue weighted by Gasteiger charge is -2.11. The molecule has 4 aromatic heterocycles. The van der Waals surface area contributed by atoms with Crippen molar-refractivity contribution in [3.05, 3.63) is 74.9 Å². The SMILES string of the molecule is CCOC(=O)c1cc2c(c(-c3ccsc3C=O)n1)c1cc(C(=O)OC)sc1n2Cc1ccccc1. The van der Waals surface area contributed by atoms with E-state index >= 15 is 0 Å². The number of hydrogen-bond donors (Lipinski definition) is 0. The first-order valence-electron chi connectivity index (χ1n) is 10.8. The molecule has 0 atom stereocenters. The Morgan fingerprint density at radius 2 is 1.91 bits per heavy atom. The van der Waals surface area contributed by atoms with Gasteiger partial charge in [0, 0.05) is 22.9 Å². The Morgan fingerprint density at radius 3 is 2.63 bits per heavy atom. The highest BCUT2D eigenvalue weighted by molar-refractivity contribution is 7.20. The maximum absolute atomic E-state index is 12.8. The van der Waals surface area contributed by atoms with E-state index in [1.165, 1.54) is 29.8 Å². The van der Waals surface area contributed by atoms with E-state index in [-0.39, 0.29) is 12.3 Å². The number of ether oxygens (including phenoxy) is 2. The molecule has 176 valence electrons. The molecule has 7 nitrogen and oxygen atoms in total. The van der Waals surface area contributed by atoms with Crippen molar-refractivity contribution in [1.82, 2.24) is 9.55 Å². The standard InChI is InChI=1S/C26H20N2O5S2/c1-3-33-25(30)18-12-19-22(23(27-18)16-9-10-34-21(16)14-29)17-11-20(26(31)32-2)35-24(17)28(19)13-15-7-5-4-6-8-15/h4-12,14H,3,13H2,1-2H3. The summed E-state index contributed by atoms with van der Waals surface area (Å²) in [5.74, 6) is -0.961. The second-order valence-electron chi connectivity index (χ2n) is 7.68. The summed E-state index contributed by atoms with van der Waals surface area (Å²) in [6.07, 6.45) is 0.788. The van der Waals surface area contributed by atoms with E-state index in [1.54, 1.807) is 19.1 Å². The van der Waals surface area contributed by atoms with Crippen molar-refractivity contribution in [3.8, 4) is 11.3 Å². The average molecular weight is 505 g/mol. The summed E-state index contributed by atoms with van der Waals surface area (Å²) in [7, 11) is 1.35. The summed E-state index contributed by atoms with van der Waals surface area (Å²) in [5, 5.41) is 3.38. The molecular weight excluding hydrogens is 484 g/mol. The maximum atomic E-state index is 12.8. The van der Waals surface area contributed by atoms with Crippen molar-refractivity contribution < 1.29 is 23.9 Å². The zero-order valence-electron chi connectivity index (χ0n) is 18.9. The summed E-state index contributed by atoms with van der Waals surface area (Å²) in [5.41, 5.74) is 3.11. The zero-order chi connectivity index (χ0) is 24.5. The second kappa shape index (κ2) is 9.44. The van der Waals surface area contributed by atoms with Crippen LogP contribution in [0.5, 0.6) is 0 Å². The van der Waals surface area contributed by atoms with Gasteiger partial charge in [0.15, 0.2) is 12.0 Å². The lowest BCUT2D eigenvalue weighted by Crippen LogP contribution is -2.09. The Bertz CT molecular complexity index is 1580. The van der Waals surface area contributed by atoms with Gasteiger partial charge in [-0.05, 0) is 36.1 Å². The molecule has 0 radical (unpaired) electrons. The number of carbonyl (C=O) groups excluding carboxylic acids is 3. The average Bonchev–Trinajstić information content (AvgIpc) is 3.59. The smallest absolute Gasteiger partial charge is 0.357 e. The van der Waals surface area contributed by atoms with E-state index < -0.39 is 11.9 Å². The van der Waals surface area contributed by atoms with Gasteiger partial charge in [-0.1, -0.05) is 30.3 Å². The maximum Gasteiger partial charge on any atom is 0.357 e. The topological polar surface area (TPSA) is 87.5 Å². The molecule has 1 aromatic carbocycles. The van der Waals surface area contributed by atoms with E-state index in [4.69, 9.17) is 9.47 Å². The van der Waals surface area contributed by atoms with Gasteiger partial charge < -0.3 is 14.0 Å². The summed E-state index contributed by atoms with van der Waals surface area (Å²) >= 11 is 2.62. The van der Waals surface area contributed by atoms with Crippen LogP contribution in [0.4, 0.5) is 0 Å². The molecule has 0 bridgehead atoms. The molecule has 4 heterocycles. The van der Waals surface area contributed by atoms with Gasteiger partial charge >= 0.3 is 11.9 Å². The van der Waals surface area contributed by atoms with Crippen molar-refractivity contribution in [3.63, 3.8) is 0 Å². The van der Waals surface area contributed by atoms with Gasteiger partial charge in [-0.15, -0.1) is 22.7 Å². The normalized spacial score (nSPS) is 11.1. The summed E-state index contributed by atoms with van der Waals surface area (Å²) in [4.78, 5) is 43.4. The van der Waals surface area contributed by atoms with Crippen LogP contribution in [0.1, 0.15) is 42.3 Å². The molecule has 5 aromatic rings. The largest absolute Gasteiger partial charge is 0.465 e. The first-order chi connectivity index (χ1) is 17.0. The Hall–Kier alpha value is -3.82. The van der Waals surface area contributed by atoms with Gasteiger partial charge in [-0.3, -0.25) is 4.79 Å². The van der Waals surface area contributed by atoms with E-state index in [0.29, 0.717) is 27.6 Å². The molecule has 0 aliphatic rings. The molecule has 0 amide bonds. The van der Waals surface area contributed by atoms with Gasteiger partial charge in [0.1, 0.15) is 9.71 Å². The van der Waals surface area contributed by atoms with Gasteiger partial charge in [-0.25, -0.2) is 14.6 Å². The summed E-state index contributed by atoms with van der Waals surface area (Å²) in [6, 6.07) is 15.2. The number of pyridine rings is 1. The highest BCUT2D eigenvalue weighted by atomic mass is 32.1. The van der Waals surface area contributed by atoms with Crippen molar-refractivity contribution in [2.75, 3.05) is 13.7 Å². The Morgan fingerprint density at radius 1 is 1.11 bits per heavy atom. The van der Waals surface area contributed by atoms with Crippen molar-refractivity contribution in [2.45, 2.75) is 13.5 Å². The number of aromatic nitrogens is 2. The molecule has 0 aliphatic carbocycles. The minimum Gasteiger partial charge on any atom is -0.465 e. The number of methoxy groups -OCH3 is 1. The first kappa shape index (κ1) is 22.9. The van der Waals surface area contributed by atoms with E-state index in [1.807, 2.05) is 41.8 Å². The van der Waals surface area contributed by atoms with Crippen LogP contribution in [-0.4, -0.2) is 41.5 Å². The number of rotatable bonds is 7. The quantitative estimate of drug-likeness (QED) is 0.206. The van der Waals surface area contributed by atoms with Crippen LogP contribution < -0.4 is 0 Å². The van der Waals surface area contributed by atoms with Crippen LogP contribution in [0.15, 0.2) is 53.9 Å². The van der Waals surface area contributed by atoms with Crippen LogP contribution in [0.25, 0.3) is 32.4 Å². The van der Waals surface area contributed by atoms with Crippen LogP contribution in [-0.2, 0) is 16.0 Å². The zero-order valence-corrected chi connectivity index (χ0v) is 20.6. The molecule has 5 rings (SSSR count). The van der Waals surface area contributed by atoms with Gasteiger partial charge in [0.05, 0.1) is 29.8 Å². The monoisotopic (exact) mass is 504 g/mol. The molecule has 0 spiro atoms. The number of nitrogens with zero attached hydrogens (tertiary/aromatic N) is 2. The fourth-order valence-corrected chi connectivity index (χ4v) is 5.91. The first-order valence-corrected chi connectivity index (χ1v) is 12.5. The summed E-state index contributed by atoms with van der Waals surface area (Å²) in [6.45, 7) is 2.47. The fraction of sp³-hybridized carbons (Fsp3) is 0.154. The molecule has 0 unspecified atom stereocenters. The molecular formula is C26H20N2O5S2. The molecule has 0 aliphatic heterocycles. The van der Waals surface area contributed by atoms with E-state index in [2.05, 4.69) is 9.55 Å². The number of esters is 2. The highest BCUT2D eigenvalue weighted by Gasteiger charge is 2.25. The van der Waals surface area contributed by atoms with Crippen molar-refractivity contribution >= 4 is 62.0 Å². The second-order valence-corrected chi connectivity index (χ2v) is 9.66. The van der Waals surface area contributed by atoms with E-state index in [9.17, 15) is 14.4 Å². The van der Waals surface area contributed by atoms with Gasteiger partial charge in [-0.2, -0.15) is 0 Å². The molecule has 35 heavy (non-hydrogen) atoms. The number of thiophene rings is 2. The van der Waals surface area contributed by atoms with Crippen LogP contribution >= 0.6 is 22.7 Å². The summed E-state index contributed by atoms with van der Waals surface area (Å²) < 4.78 is 12.3. The minimum atomic E-state index is -0.537. The molecule has 9 heteroatoms. The number of aldehydes is 1. The molecule has 0 N–H and O–H groups in total.